The first-order valence-corrected chi connectivity index (χ1v) is 6.36. The van der Waals surface area contributed by atoms with Crippen LogP contribution in [0.4, 0.5) is 0 Å². The summed E-state index contributed by atoms with van der Waals surface area (Å²) in [5.41, 5.74) is 2.02. The highest BCUT2D eigenvalue weighted by Gasteiger charge is 2.13. The summed E-state index contributed by atoms with van der Waals surface area (Å²) in [6.07, 6.45) is 3.15. The van der Waals surface area contributed by atoms with Crippen LogP contribution in [0, 0.1) is 0 Å². The van der Waals surface area contributed by atoms with E-state index in [1.807, 2.05) is 19.9 Å². The van der Waals surface area contributed by atoms with Crippen molar-refractivity contribution in [1.29, 1.82) is 0 Å². The van der Waals surface area contributed by atoms with Crippen LogP contribution in [0.3, 0.4) is 0 Å². The summed E-state index contributed by atoms with van der Waals surface area (Å²) in [4.78, 5) is 20.6. The van der Waals surface area contributed by atoms with Crippen LogP contribution < -0.4 is 4.74 Å². The molecule has 0 amide bonds. The van der Waals surface area contributed by atoms with Gasteiger partial charge in [-0.25, -0.2) is 9.78 Å². The smallest absolute Gasteiger partial charge is 0.344 e. The summed E-state index contributed by atoms with van der Waals surface area (Å²) < 4.78 is 5.35. The molecule has 0 N–H and O–H groups in total. The Kier molecular flexibility index (Phi) is 4.23. The summed E-state index contributed by atoms with van der Waals surface area (Å²) in [6.45, 7) is 3.94. The minimum Gasteiger partial charge on any atom is -0.402 e. The van der Waals surface area contributed by atoms with Crippen LogP contribution in [0.1, 0.15) is 35.6 Å². The standard InChI is InChI=1S/C15H16N2O2/c1-3-12-10-16-13(4-2)14(17-12)19-15(18)11-8-6-5-7-9-11/h5-10H,3-4H2,1-2H3. The lowest BCUT2D eigenvalue weighted by atomic mass is 10.2. The molecule has 2 aromatic rings. The fraction of sp³-hybridized carbons (Fsp3) is 0.267. The number of ether oxygens (including phenoxy) is 1. The number of carbonyl (C=O) groups is 1. The summed E-state index contributed by atoms with van der Waals surface area (Å²) in [6, 6.07) is 8.87. The lowest BCUT2D eigenvalue weighted by Gasteiger charge is -2.08. The highest BCUT2D eigenvalue weighted by Crippen LogP contribution is 2.16. The van der Waals surface area contributed by atoms with Gasteiger partial charge >= 0.3 is 5.97 Å². The number of aryl methyl sites for hydroxylation is 2. The van der Waals surface area contributed by atoms with Gasteiger partial charge in [-0.15, -0.1) is 0 Å². The zero-order valence-electron chi connectivity index (χ0n) is 11.1. The van der Waals surface area contributed by atoms with E-state index in [9.17, 15) is 4.79 Å². The van der Waals surface area contributed by atoms with Gasteiger partial charge in [-0.3, -0.25) is 4.98 Å². The van der Waals surface area contributed by atoms with Crippen molar-refractivity contribution in [3.63, 3.8) is 0 Å². The van der Waals surface area contributed by atoms with E-state index >= 15 is 0 Å². The molecule has 0 spiro atoms. The predicted octanol–water partition coefficient (Wildman–Crippen LogP) is 2.82. The first kappa shape index (κ1) is 13.2. The van der Waals surface area contributed by atoms with Crippen LogP contribution in [0.15, 0.2) is 36.5 Å². The van der Waals surface area contributed by atoms with Crippen LogP contribution in [0.25, 0.3) is 0 Å². The van der Waals surface area contributed by atoms with Gasteiger partial charge in [0.15, 0.2) is 0 Å². The van der Waals surface area contributed by atoms with E-state index in [2.05, 4.69) is 9.97 Å². The first-order chi connectivity index (χ1) is 9.24. The van der Waals surface area contributed by atoms with E-state index in [1.54, 1.807) is 30.5 Å². The third-order valence-electron chi connectivity index (χ3n) is 2.76. The summed E-state index contributed by atoms with van der Waals surface area (Å²) in [7, 11) is 0. The van der Waals surface area contributed by atoms with Gasteiger partial charge < -0.3 is 4.74 Å². The minimum atomic E-state index is -0.405. The number of nitrogens with zero attached hydrogens (tertiary/aromatic N) is 2. The molecule has 0 atom stereocenters. The first-order valence-electron chi connectivity index (χ1n) is 6.36. The molecule has 1 aromatic carbocycles. The molecule has 0 aliphatic heterocycles. The lowest BCUT2D eigenvalue weighted by molar-refractivity contribution is 0.0724. The van der Waals surface area contributed by atoms with Crippen molar-refractivity contribution in [2.75, 3.05) is 0 Å². The molecular weight excluding hydrogens is 240 g/mol. The van der Waals surface area contributed by atoms with Gasteiger partial charge in [0.1, 0.15) is 5.69 Å². The molecule has 0 radical (unpaired) electrons. The molecule has 0 saturated carbocycles. The highest BCUT2D eigenvalue weighted by molar-refractivity contribution is 5.90. The van der Waals surface area contributed by atoms with Crippen LogP contribution in [0.2, 0.25) is 0 Å². The normalized spacial score (nSPS) is 10.2. The fourth-order valence-corrected chi connectivity index (χ4v) is 1.65. The number of hydrogen-bond donors (Lipinski definition) is 0. The van der Waals surface area contributed by atoms with Crippen LogP contribution in [-0.2, 0) is 12.8 Å². The number of carbonyl (C=O) groups excluding carboxylic acids is 1. The highest BCUT2D eigenvalue weighted by atomic mass is 16.5. The van der Waals surface area contributed by atoms with Gasteiger partial charge in [0.25, 0.3) is 0 Å². The Hall–Kier alpha value is -2.23. The van der Waals surface area contributed by atoms with Gasteiger partial charge in [-0.2, -0.15) is 0 Å². The third kappa shape index (κ3) is 3.16. The molecule has 19 heavy (non-hydrogen) atoms. The van der Waals surface area contributed by atoms with Crippen molar-refractivity contribution in [3.8, 4) is 5.88 Å². The summed E-state index contributed by atoms with van der Waals surface area (Å²) in [5.74, 6) is -0.0893. The van der Waals surface area contributed by atoms with Crippen molar-refractivity contribution < 1.29 is 9.53 Å². The molecular formula is C15H16N2O2. The molecule has 0 fully saturated rings. The second kappa shape index (κ2) is 6.09. The van der Waals surface area contributed by atoms with Gasteiger partial charge in [0.05, 0.1) is 11.3 Å². The van der Waals surface area contributed by atoms with E-state index in [4.69, 9.17) is 4.74 Å². The second-order valence-corrected chi connectivity index (χ2v) is 4.08. The van der Waals surface area contributed by atoms with Gasteiger partial charge in [-0.05, 0) is 25.0 Å². The summed E-state index contributed by atoms with van der Waals surface area (Å²) in [5, 5.41) is 0. The number of hydrogen-bond acceptors (Lipinski definition) is 4. The molecule has 2 rings (SSSR count). The van der Waals surface area contributed by atoms with Gasteiger partial charge in [0, 0.05) is 6.20 Å². The molecule has 4 heteroatoms. The Morgan fingerprint density at radius 3 is 2.53 bits per heavy atom. The van der Waals surface area contributed by atoms with Crippen molar-refractivity contribution in [3.05, 3.63) is 53.5 Å². The quantitative estimate of drug-likeness (QED) is 0.789. The van der Waals surface area contributed by atoms with Crippen molar-refractivity contribution in [2.45, 2.75) is 26.7 Å². The average Bonchev–Trinajstić information content (AvgIpc) is 2.48. The lowest BCUT2D eigenvalue weighted by Crippen LogP contribution is -2.12. The fourth-order valence-electron chi connectivity index (χ4n) is 1.65. The maximum atomic E-state index is 12.0. The number of rotatable bonds is 4. The van der Waals surface area contributed by atoms with E-state index in [0.717, 1.165) is 12.1 Å². The average molecular weight is 256 g/mol. The SMILES string of the molecule is CCc1cnc(CC)c(OC(=O)c2ccccc2)n1. The van der Waals surface area contributed by atoms with Crippen LogP contribution in [-0.4, -0.2) is 15.9 Å². The zero-order chi connectivity index (χ0) is 13.7. The molecule has 0 bridgehead atoms. The molecule has 98 valence electrons. The molecule has 1 heterocycles. The second-order valence-electron chi connectivity index (χ2n) is 4.08. The van der Waals surface area contributed by atoms with Crippen molar-refractivity contribution in [1.82, 2.24) is 9.97 Å². The van der Waals surface area contributed by atoms with Crippen LogP contribution >= 0.6 is 0 Å². The molecule has 0 aliphatic carbocycles. The molecule has 0 unspecified atom stereocenters. The largest absolute Gasteiger partial charge is 0.402 e. The van der Waals surface area contributed by atoms with Crippen molar-refractivity contribution >= 4 is 5.97 Å². The minimum absolute atomic E-state index is 0.315. The molecule has 0 aliphatic rings. The molecule has 1 aromatic heterocycles. The number of esters is 1. The predicted molar refractivity (Wildman–Crippen MR) is 72.2 cm³/mol. The van der Waals surface area contributed by atoms with E-state index < -0.39 is 5.97 Å². The van der Waals surface area contributed by atoms with Gasteiger partial charge in [-0.1, -0.05) is 32.0 Å². The Labute approximate surface area is 112 Å². The number of benzene rings is 1. The topological polar surface area (TPSA) is 52.1 Å². The third-order valence-corrected chi connectivity index (χ3v) is 2.76. The van der Waals surface area contributed by atoms with Crippen molar-refractivity contribution in [2.24, 2.45) is 0 Å². The number of aromatic nitrogens is 2. The Morgan fingerprint density at radius 1 is 1.16 bits per heavy atom. The Morgan fingerprint density at radius 2 is 1.89 bits per heavy atom. The van der Waals surface area contributed by atoms with E-state index in [1.165, 1.54) is 0 Å². The monoisotopic (exact) mass is 256 g/mol. The maximum absolute atomic E-state index is 12.0. The van der Waals surface area contributed by atoms with Gasteiger partial charge in [0.2, 0.25) is 5.88 Å². The zero-order valence-corrected chi connectivity index (χ0v) is 11.1. The Bertz CT molecular complexity index is 568. The molecule has 0 saturated heterocycles. The Balaban J connectivity index is 2.25. The molecule has 4 nitrogen and oxygen atoms in total. The summed E-state index contributed by atoms with van der Waals surface area (Å²) >= 11 is 0. The van der Waals surface area contributed by atoms with E-state index in [-0.39, 0.29) is 0 Å². The van der Waals surface area contributed by atoms with E-state index in [0.29, 0.717) is 23.6 Å². The maximum Gasteiger partial charge on any atom is 0.344 e. The van der Waals surface area contributed by atoms with Crippen LogP contribution in [0.5, 0.6) is 5.88 Å².